The van der Waals surface area contributed by atoms with E-state index in [0.717, 1.165) is 13.0 Å². The van der Waals surface area contributed by atoms with Crippen molar-refractivity contribution in [3.05, 3.63) is 54.1 Å². The van der Waals surface area contributed by atoms with E-state index in [-0.39, 0.29) is 12.4 Å². The monoisotopic (exact) mass is 231 g/mol. The molecular weight excluding hydrogens is 218 g/mol. The van der Waals surface area contributed by atoms with E-state index in [9.17, 15) is 0 Å². The van der Waals surface area contributed by atoms with E-state index in [0.29, 0.717) is 0 Å². The van der Waals surface area contributed by atoms with E-state index in [2.05, 4.69) is 53.8 Å². The Bertz CT molecular complexity index is 479. The lowest BCUT2D eigenvalue weighted by atomic mass is 9.98. The Morgan fingerprint density at radius 3 is 2.50 bits per heavy atom. The van der Waals surface area contributed by atoms with Crippen molar-refractivity contribution in [3.8, 4) is 11.1 Å². The Morgan fingerprint density at radius 2 is 1.69 bits per heavy atom. The summed E-state index contributed by atoms with van der Waals surface area (Å²) < 4.78 is 0. The van der Waals surface area contributed by atoms with Gasteiger partial charge in [-0.15, -0.1) is 12.4 Å². The molecule has 1 nitrogen and oxygen atoms in total. The molecule has 2 aromatic carbocycles. The first-order chi connectivity index (χ1) is 7.45. The summed E-state index contributed by atoms with van der Waals surface area (Å²) in [5, 5.41) is 3.41. The van der Waals surface area contributed by atoms with Crippen LogP contribution in [0, 0.1) is 0 Å². The molecule has 1 aliphatic rings. The van der Waals surface area contributed by atoms with Crippen molar-refractivity contribution in [2.45, 2.75) is 6.42 Å². The van der Waals surface area contributed by atoms with Gasteiger partial charge in [-0.1, -0.05) is 42.5 Å². The Morgan fingerprint density at radius 1 is 0.875 bits per heavy atom. The lowest BCUT2D eigenvalue weighted by Gasteiger charge is -2.07. The third kappa shape index (κ3) is 1.79. The van der Waals surface area contributed by atoms with E-state index in [4.69, 9.17) is 0 Å². The predicted octanol–water partition coefficient (Wildman–Crippen LogP) is 3.74. The van der Waals surface area contributed by atoms with Gasteiger partial charge in [-0.25, -0.2) is 0 Å². The molecule has 1 N–H and O–H groups in total. The highest BCUT2D eigenvalue weighted by molar-refractivity contribution is 5.85. The van der Waals surface area contributed by atoms with Crippen molar-refractivity contribution >= 4 is 18.1 Å². The van der Waals surface area contributed by atoms with Crippen LogP contribution in [0.25, 0.3) is 11.1 Å². The molecule has 2 heteroatoms. The van der Waals surface area contributed by atoms with E-state index in [1.54, 1.807) is 0 Å². The zero-order valence-electron chi connectivity index (χ0n) is 8.94. The number of rotatable bonds is 1. The normalized spacial score (nSPS) is 12.5. The smallest absolute Gasteiger partial charge is 0.0379 e. The van der Waals surface area contributed by atoms with Crippen LogP contribution in [0.15, 0.2) is 48.5 Å². The summed E-state index contributed by atoms with van der Waals surface area (Å²) in [6, 6.07) is 17.1. The zero-order valence-corrected chi connectivity index (χ0v) is 9.76. The van der Waals surface area contributed by atoms with Crippen LogP contribution in [0.5, 0.6) is 0 Å². The van der Waals surface area contributed by atoms with Crippen LogP contribution in [-0.2, 0) is 6.42 Å². The highest BCUT2D eigenvalue weighted by atomic mass is 35.5. The number of fused-ring (bicyclic) bond motifs is 1. The van der Waals surface area contributed by atoms with Crippen LogP contribution in [0.1, 0.15) is 5.56 Å². The van der Waals surface area contributed by atoms with Crippen molar-refractivity contribution in [2.75, 3.05) is 11.9 Å². The maximum atomic E-state index is 3.41. The van der Waals surface area contributed by atoms with Crippen molar-refractivity contribution in [1.29, 1.82) is 0 Å². The molecule has 0 aliphatic carbocycles. The van der Waals surface area contributed by atoms with Gasteiger partial charge in [0.1, 0.15) is 0 Å². The second-order valence-corrected chi connectivity index (χ2v) is 3.87. The first-order valence-corrected chi connectivity index (χ1v) is 5.36. The minimum Gasteiger partial charge on any atom is -0.384 e. The maximum Gasteiger partial charge on any atom is 0.0379 e. The summed E-state index contributed by atoms with van der Waals surface area (Å²) in [6.45, 7) is 1.07. The third-order valence-corrected chi connectivity index (χ3v) is 2.95. The summed E-state index contributed by atoms with van der Waals surface area (Å²) in [4.78, 5) is 0. The first-order valence-electron chi connectivity index (χ1n) is 5.36. The van der Waals surface area contributed by atoms with E-state index < -0.39 is 0 Å². The molecule has 1 aliphatic heterocycles. The molecule has 1 heterocycles. The molecule has 0 saturated heterocycles. The summed E-state index contributed by atoms with van der Waals surface area (Å²) >= 11 is 0. The number of hydrogen-bond donors (Lipinski definition) is 1. The van der Waals surface area contributed by atoms with Crippen molar-refractivity contribution in [3.63, 3.8) is 0 Å². The van der Waals surface area contributed by atoms with E-state index in [1.807, 2.05) is 0 Å². The fourth-order valence-electron chi connectivity index (χ4n) is 2.23. The molecule has 2 aromatic rings. The molecule has 0 bridgehead atoms. The van der Waals surface area contributed by atoms with Crippen LogP contribution in [0.2, 0.25) is 0 Å². The molecule has 16 heavy (non-hydrogen) atoms. The number of hydrogen-bond acceptors (Lipinski definition) is 1. The van der Waals surface area contributed by atoms with Gasteiger partial charge < -0.3 is 5.32 Å². The highest BCUT2D eigenvalue weighted by Crippen LogP contribution is 2.32. The molecule has 0 saturated carbocycles. The number of benzene rings is 2. The molecule has 0 radical (unpaired) electrons. The first kappa shape index (κ1) is 11.0. The van der Waals surface area contributed by atoms with Gasteiger partial charge in [0.2, 0.25) is 0 Å². The molecule has 3 rings (SSSR count). The SMILES string of the molecule is Cl.c1ccc(-c2cccc3c2CCN3)cc1. The average molecular weight is 232 g/mol. The highest BCUT2D eigenvalue weighted by Gasteiger charge is 2.13. The molecule has 0 atom stereocenters. The summed E-state index contributed by atoms with van der Waals surface area (Å²) in [5.41, 5.74) is 5.45. The van der Waals surface area contributed by atoms with Gasteiger partial charge in [-0.05, 0) is 29.2 Å². The maximum absolute atomic E-state index is 3.41. The predicted molar refractivity (Wildman–Crippen MR) is 71.3 cm³/mol. The zero-order chi connectivity index (χ0) is 10.1. The number of nitrogens with one attached hydrogen (secondary N) is 1. The van der Waals surface area contributed by atoms with Gasteiger partial charge in [0.25, 0.3) is 0 Å². The molecule has 0 fully saturated rings. The molecule has 0 unspecified atom stereocenters. The van der Waals surface area contributed by atoms with E-state index in [1.165, 1.54) is 22.4 Å². The van der Waals surface area contributed by atoms with Crippen molar-refractivity contribution < 1.29 is 0 Å². The second-order valence-electron chi connectivity index (χ2n) is 3.87. The minimum atomic E-state index is 0. The molecular formula is C14H14ClN. The number of halogens is 1. The lowest BCUT2D eigenvalue weighted by molar-refractivity contribution is 1.11. The van der Waals surface area contributed by atoms with Crippen molar-refractivity contribution in [1.82, 2.24) is 0 Å². The fourth-order valence-corrected chi connectivity index (χ4v) is 2.23. The lowest BCUT2D eigenvalue weighted by Crippen LogP contribution is -1.90. The van der Waals surface area contributed by atoms with Gasteiger partial charge in [-0.2, -0.15) is 0 Å². The summed E-state index contributed by atoms with van der Waals surface area (Å²) in [6.07, 6.45) is 1.14. The third-order valence-electron chi connectivity index (χ3n) is 2.95. The van der Waals surface area contributed by atoms with Crippen LogP contribution < -0.4 is 5.32 Å². The van der Waals surface area contributed by atoms with Gasteiger partial charge in [0, 0.05) is 12.2 Å². The largest absolute Gasteiger partial charge is 0.384 e. The quantitative estimate of drug-likeness (QED) is 0.789. The Kier molecular flexibility index (Phi) is 3.16. The minimum absolute atomic E-state index is 0. The topological polar surface area (TPSA) is 12.0 Å². The van der Waals surface area contributed by atoms with Gasteiger partial charge in [0.15, 0.2) is 0 Å². The summed E-state index contributed by atoms with van der Waals surface area (Å²) in [7, 11) is 0. The average Bonchev–Trinajstić information content (AvgIpc) is 2.78. The second kappa shape index (κ2) is 4.58. The number of anilines is 1. The Hall–Kier alpha value is -1.47. The van der Waals surface area contributed by atoms with Crippen LogP contribution in [-0.4, -0.2) is 6.54 Å². The summed E-state index contributed by atoms with van der Waals surface area (Å²) in [5.74, 6) is 0. The van der Waals surface area contributed by atoms with Gasteiger partial charge >= 0.3 is 0 Å². The standard InChI is InChI=1S/C14H13N.ClH/c1-2-5-11(6-3-1)12-7-4-8-14-13(12)9-10-15-14;/h1-8,15H,9-10H2;1H. The van der Waals surface area contributed by atoms with Gasteiger partial charge in [-0.3, -0.25) is 0 Å². The molecule has 0 aromatic heterocycles. The van der Waals surface area contributed by atoms with E-state index >= 15 is 0 Å². The molecule has 0 amide bonds. The Labute approximate surface area is 102 Å². The Balaban J connectivity index is 0.000000963. The van der Waals surface area contributed by atoms with Crippen LogP contribution >= 0.6 is 12.4 Å². The fraction of sp³-hybridized carbons (Fsp3) is 0.143. The molecule has 0 spiro atoms. The van der Waals surface area contributed by atoms with Crippen molar-refractivity contribution in [2.24, 2.45) is 0 Å². The molecule has 82 valence electrons. The van der Waals surface area contributed by atoms with Gasteiger partial charge in [0.05, 0.1) is 0 Å². The van der Waals surface area contributed by atoms with Crippen LogP contribution in [0.3, 0.4) is 0 Å². The van der Waals surface area contributed by atoms with Crippen LogP contribution in [0.4, 0.5) is 5.69 Å².